The third-order valence-corrected chi connectivity index (χ3v) is 5.65. The summed E-state index contributed by atoms with van der Waals surface area (Å²) in [4.78, 5) is 23.5. The second kappa shape index (κ2) is 8.65. The molecular formula is C20H17F6N5O3. The molecule has 1 aliphatic heterocycles. The van der Waals surface area contributed by atoms with Gasteiger partial charge in [-0.3, -0.25) is 4.79 Å². The highest BCUT2D eigenvalue weighted by Crippen LogP contribution is 2.55. The normalized spacial score (nSPS) is 25.3. The highest BCUT2D eigenvalue weighted by atomic mass is 19.3. The predicted octanol–water partition coefficient (Wildman–Crippen LogP) is 3.39. The van der Waals surface area contributed by atoms with E-state index in [1.807, 2.05) is 0 Å². The molecule has 1 aliphatic carbocycles. The largest absolute Gasteiger partial charge is 0.461 e. The van der Waals surface area contributed by atoms with Crippen molar-refractivity contribution in [3.63, 3.8) is 0 Å². The number of nitrogens with one attached hydrogen (secondary N) is 1. The van der Waals surface area contributed by atoms with Crippen LogP contribution in [0, 0.1) is 11.7 Å². The van der Waals surface area contributed by atoms with Crippen LogP contribution in [0.3, 0.4) is 0 Å². The second-order valence-corrected chi connectivity index (χ2v) is 7.75. The number of carbonyl (C=O) groups is 1. The summed E-state index contributed by atoms with van der Waals surface area (Å²) >= 11 is 0. The quantitative estimate of drug-likeness (QED) is 0.602. The van der Waals surface area contributed by atoms with Crippen LogP contribution in [0.5, 0.6) is 5.88 Å². The smallest absolute Gasteiger partial charge is 0.283 e. The molecule has 8 nitrogen and oxygen atoms in total. The molecule has 0 bridgehead atoms. The zero-order valence-corrected chi connectivity index (χ0v) is 17.2. The number of amidine groups is 1. The summed E-state index contributed by atoms with van der Waals surface area (Å²) in [6, 6.07) is 1.99. The monoisotopic (exact) mass is 489 g/mol. The summed E-state index contributed by atoms with van der Waals surface area (Å²) in [6.45, 7) is -1.16. The summed E-state index contributed by atoms with van der Waals surface area (Å²) in [7, 11) is 0. The van der Waals surface area contributed by atoms with E-state index in [-0.39, 0.29) is 17.3 Å². The van der Waals surface area contributed by atoms with Gasteiger partial charge in [-0.05, 0) is 18.2 Å². The van der Waals surface area contributed by atoms with E-state index in [0.29, 0.717) is 0 Å². The van der Waals surface area contributed by atoms with Gasteiger partial charge in [-0.2, -0.15) is 0 Å². The van der Waals surface area contributed by atoms with Crippen LogP contribution in [0.25, 0.3) is 0 Å². The highest BCUT2D eigenvalue weighted by molar-refractivity contribution is 6.02. The van der Waals surface area contributed by atoms with E-state index in [0.717, 1.165) is 30.6 Å². The zero-order chi connectivity index (χ0) is 24.7. The Morgan fingerprint density at radius 1 is 1.26 bits per heavy atom. The van der Waals surface area contributed by atoms with Gasteiger partial charge in [-0.15, -0.1) is 0 Å². The Morgan fingerprint density at radius 3 is 2.68 bits per heavy atom. The standard InChI is InChI=1S/C20H17F6N5O3/c21-8-33-15-7-28-13(6-29-15)16(32)30-9-1-2-12(22)10(3-9)20(17(23)24)11-4-19(25,26)5-14(11)34-18(27)31-20/h1-3,6-7,11,14,17H,4-5,8H2,(H2,27,31)(H,30,32)/t11?,14-,20?/m0/s1. The van der Waals surface area contributed by atoms with E-state index in [9.17, 15) is 31.1 Å². The van der Waals surface area contributed by atoms with Gasteiger partial charge in [0.2, 0.25) is 12.7 Å². The number of nitrogens with zero attached hydrogens (tertiary/aromatic N) is 3. The predicted molar refractivity (Wildman–Crippen MR) is 105 cm³/mol. The maximum atomic E-state index is 14.9. The van der Waals surface area contributed by atoms with Gasteiger partial charge in [0, 0.05) is 30.0 Å². The lowest BCUT2D eigenvalue weighted by Gasteiger charge is -2.41. The second-order valence-electron chi connectivity index (χ2n) is 7.75. The number of rotatable bonds is 6. The summed E-state index contributed by atoms with van der Waals surface area (Å²) < 4.78 is 93.8. The van der Waals surface area contributed by atoms with Crippen molar-refractivity contribution in [2.75, 3.05) is 12.2 Å². The van der Waals surface area contributed by atoms with Crippen molar-refractivity contribution < 1.29 is 40.6 Å². The molecule has 14 heteroatoms. The van der Waals surface area contributed by atoms with Crippen LogP contribution in [0.15, 0.2) is 35.6 Å². The van der Waals surface area contributed by atoms with Crippen LogP contribution >= 0.6 is 0 Å². The van der Waals surface area contributed by atoms with Crippen LogP contribution < -0.4 is 15.8 Å². The lowest BCUT2D eigenvalue weighted by molar-refractivity contribution is -0.0392. The molecule has 0 radical (unpaired) electrons. The SMILES string of the molecule is NC1=NC(c2cc(NC(=O)c3cnc(OCF)cn3)ccc2F)(C(F)F)C2CC(F)(F)C[C@@H]2O1. The number of nitrogens with two attached hydrogens (primary N) is 1. The van der Waals surface area contributed by atoms with Gasteiger partial charge >= 0.3 is 0 Å². The van der Waals surface area contributed by atoms with E-state index in [1.165, 1.54) is 0 Å². The Balaban J connectivity index is 1.70. The van der Waals surface area contributed by atoms with Crippen molar-refractivity contribution in [2.45, 2.75) is 36.8 Å². The number of alkyl halides is 5. The number of anilines is 1. The van der Waals surface area contributed by atoms with Gasteiger partial charge in [-0.1, -0.05) is 0 Å². The topological polar surface area (TPSA) is 112 Å². The molecule has 1 amide bonds. The fourth-order valence-corrected chi connectivity index (χ4v) is 4.24. The molecule has 4 rings (SSSR count). The minimum atomic E-state index is -3.43. The van der Waals surface area contributed by atoms with Crippen molar-refractivity contribution in [3.05, 3.63) is 47.7 Å². The molecule has 1 saturated carbocycles. The first kappa shape index (κ1) is 23.6. The molecule has 0 spiro atoms. The summed E-state index contributed by atoms with van der Waals surface area (Å²) in [6.07, 6.45) is -4.76. The Labute approximate surface area is 188 Å². The molecule has 2 aromatic rings. The first-order valence-corrected chi connectivity index (χ1v) is 9.86. The zero-order valence-electron chi connectivity index (χ0n) is 17.2. The maximum absolute atomic E-state index is 14.9. The summed E-state index contributed by atoms with van der Waals surface area (Å²) in [5.74, 6) is -7.11. The van der Waals surface area contributed by atoms with Gasteiger partial charge in [-0.25, -0.2) is 41.3 Å². The molecule has 1 aromatic carbocycles. The number of ether oxygens (including phenoxy) is 2. The first-order valence-electron chi connectivity index (χ1n) is 9.86. The number of aromatic nitrogens is 2. The van der Waals surface area contributed by atoms with Crippen LogP contribution in [0.2, 0.25) is 0 Å². The van der Waals surface area contributed by atoms with Gasteiger partial charge in [0.25, 0.3) is 24.3 Å². The Hall–Kier alpha value is -3.58. The number of hydrogen-bond donors (Lipinski definition) is 2. The van der Waals surface area contributed by atoms with Crippen LogP contribution in [0.4, 0.5) is 32.0 Å². The van der Waals surface area contributed by atoms with Gasteiger partial charge in [0.1, 0.15) is 17.6 Å². The number of benzene rings is 1. The molecule has 3 atom stereocenters. The van der Waals surface area contributed by atoms with E-state index >= 15 is 0 Å². The van der Waals surface area contributed by atoms with Crippen LogP contribution in [-0.4, -0.2) is 47.2 Å². The first-order chi connectivity index (χ1) is 16.1. The van der Waals surface area contributed by atoms with Gasteiger partial charge < -0.3 is 20.5 Å². The minimum Gasteiger partial charge on any atom is -0.461 e. The fourth-order valence-electron chi connectivity index (χ4n) is 4.24. The Bertz CT molecular complexity index is 1120. The van der Waals surface area contributed by atoms with Crippen molar-refractivity contribution in [1.82, 2.24) is 9.97 Å². The summed E-state index contributed by atoms with van der Waals surface area (Å²) in [5, 5.41) is 2.33. The molecule has 2 unspecified atom stereocenters. The third kappa shape index (κ3) is 4.19. The average molecular weight is 489 g/mol. The molecule has 2 aliphatic rings. The number of aliphatic imine (C=N–C) groups is 1. The third-order valence-electron chi connectivity index (χ3n) is 5.65. The van der Waals surface area contributed by atoms with Crippen molar-refractivity contribution in [2.24, 2.45) is 16.6 Å². The number of fused-ring (bicyclic) bond motifs is 1. The lowest BCUT2D eigenvalue weighted by Crippen LogP contribution is -2.51. The van der Waals surface area contributed by atoms with Crippen molar-refractivity contribution in [3.8, 4) is 5.88 Å². The highest BCUT2D eigenvalue weighted by Gasteiger charge is 2.63. The summed E-state index contributed by atoms with van der Waals surface area (Å²) in [5.41, 5.74) is 1.64. The number of halogens is 6. The molecule has 1 aromatic heterocycles. The van der Waals surface area contributed by atoms with Gasteiger partial charge in [0.15, 0.2) is 5.54 Å². The lowest BCUT2D eigenvalue weighted by atomic mass is 9.75. The molecule has 1 fully saturated rings. The number of hydrogen-bond acceptors (Lipinski definition) is 7. The van der Waals surface area contributed by atoms with Crippen LogP contribution in [0.1, 0.15) is 28.9 Å². The van der Waals surface area contributed by atoms with E-state index < -0.39 is 72.9 Å². The fraction of sp³-hybridized carbons (Fsp3) is 0.400. The molecule has 2 heterocycles. The molecule has 182 valence electrons. The number of carbonyl (C=O) groups excluding carboxylic acids is 1. The molecule has 0 saturated heterocycles. The molecule has 34 heavy (non-hydrogen) atoms. The van der Waals surface area contributed by atoms with E-state index in [2.05, 4.69) is 25.0 Å². The van der Waals surface area contributed by atoms with Crippen molar-refractivity contribution >= 4 is 17.6 Å². The van der Waals surface area contributed by atoms with E-state index in [4.69, 9.17) is 10.5 Å². The maximum Gasteiger partial charge on any atom is 0.283 e. The van der Waals surface area contributed by atoms with Crippen molar-refractivity contribution in [1.29, 1.82) is 0 Å². The van der Waals surface area contributed by atoms with Gasteiger partial charge in [0.05, 0.1) is 12.4 Å². The molecule has 3 N–H and O–H groups in total. The minimum absolute atomic E-state index is 0.145. The Morgan fingerprint density at radius 2 is 2.03 bits per heavy atom. The Kier molecular flexibility index (Phi) is 6.00. The average Bonchev–Trinajstić information content (AvgIpc) is 3.09. The van der Waals surface area contributed by atoms with E-state index in [1.54, 1.807) is 0 Å². The van der Waals surface area contributed by atoms with Crippen LogP contribution in [-0.2, 0) is 10.3 Å². The molecular weight excluding hydrogens is 472 g/mol. The number of amides is 1.